The van der Waals surface area contributed by atoms with Gasteiger partial charge in [0.25, 0.3) is 0 Å². The molecule has 1 N–H and O–H groups in total. The Kier molecular flexibility index (Phi) is 4.46. The van der Waals surface area contributed by atoms with E-state index in [9.17, 15) is 9.59 Å². The van der Waals surface area contributed by atoms with Gasteiger partial charge in [-0.25, -0.2) is 4.79 Å². The molecule has 0 bridgehead atoms. The first kappa shape index (κ1) is 18.9. The molecule has 4 nitrogen and oxygen atoms in total. The predicted molar refractivity (Wildman–Crippen MR) is 112 cm³/mol. The van der Waals surface area contributed by atoms with E-state index in [1.807, 2.05) is 19.1 Å². The van der Waals surface area contributed by atoms with Gasteiger partial charge in [-0.2, -0.15) is 0 Å². The lowest BCUT2D eigenvalue weighted by Gasteiger charge is -2.39. The molecule has 1 atom stereocenters. The Morgan fingerprint density at radius 2 is 1.93 bits per heavy atom. The van der Waals surface area contributed by atoms with Crippen LogP contribution in [0.2, 0.25) is 0 Å². The zero-order chi connectivity index (χ0) is 20.2. The molecule has 4 rings (SSSR count). The molecule has 0 spiro atoms. The minimum atomic E-state index is -0.379. The first-order valence-corrected chi connectivity index (χ1v) is 10.4. The summed E-state index contributed by atoms with van der Waals surface area (Å²) in [5.41, 5.74) is 4.05. The number of Topliss-reactive ketones (excluding diaryl/α,β-unsaturated/α-hetero) is 1. The van der Waals surface area contributed by atoms with Crippen LogP contribution in [0.15, 0.2) is 46.8 Å². The molecule has 2 aromatic rings. The number of ether oxygens (including phenoxy) is 1. The third kappa shape index (κ3) is 2.89. The van der Waals surface area contributed by atoms with E-state index in [1.54, 1.807) is 11.3 Å². The molecule has 0 saturated heterocycles. The highest BCUT2D eigenvalue weighted by atomic mass is 32.1. The molecular formula is C23H25NO3S. The van der Waals surface area contributed by atoms with E-state index in [2.05, 4.69) is 38.2 Å². The third-order valence-corrected chi connectivity index (χ3v) is 7.13. The summed E-state index contributed by atoms with van der Waals surface area (Å²) in [7, 11) is 1.40. The van der Waals surface area contributed by atoms with Gasteiger partial charge in [0.05, 0.1) is 18.6 Å². The Hall–Kier alpha value is -2.40. The van der Waals surface area contributed by atoms with Crippen molar-refractivity contribution in [1.29, 1.82) is 0 Å². The van der Waals surface area contributed by atoms with E-state index in [1.165, 1.54) is 17.2 Å². The van der Waals surface area contributed by atoms with Crippen molar-refractivity contribution in [2.45, 2.75) is 46.5 Å². The normalized spacial score (nSPS) is 21.6. The zero-order valence-corrected chi connectivity index (χ0v) is 17.8. The highest BCUT2D eigenvalue weighted by Gasteiger charge is 2.44. The molecule has 28 heavy (non-hydrogen) atoms. The van der Waals surface area contributed by atoms with Gasteiger partial charge in [0.2, 0.25) is 0 Å². The molecule has 2 heterocycles. The van der Waals surface area contributed by atoms with Crippen LogP contribution in [-0.2, 0) is 14.3 Å². The Morgan fingerprint density at radius 3 is 2.61 bits per heavy atom. The van der Waals surface area contributed by atoms with Crippen LogP contribution >= 0.6 is 11.3 Å². The van der Waals surface area contributed by atoms with E-state index in [0.29, 0.717) is 12.0 Å². The summed E-state index contributed by atoms with van der Waals surface area (Å²) in [5.74, 6) is -0.629. The largest absolute Gasteiger partial charge is 0.466 e. The van der Waals surface area contributed by atoms with Gasteiger partial charge in [-0.3, -0.25) is 4.79 Å². The van der Waals surface area contributed by atoms with Crippen molar-refractivity contribution < 1.29 is 14.3 Å². The molecule has 0 fully saturated rings. The van der Waals surface area contributed by atoms with Crippen LogP contribution in [0.25, 0.3) is 10.1 Å². The number of carbonyl (C=O) groups is 2. The number of fused-ring (bicyclic) bond motifs is 1. The van der Waals surface area contributed by atoms with E-state index in [-0.39, 0.29) is 23.1 Å². The number of rotatable bonds is 2. The van der Waals surface area contributed by atoms with Gasteiger partial charge in [-0.15, -0.1) is 11.3 Å². The third-order valence-electron chi connectivity index (χ3n) is 5.79. The lowest BCUT2D eigenvalue weighted by molar-refractivity contribution is -0.136. The average Bonchev–Trinajstić information content (AvgIpc) is 2.95. The number of allylic oxidation sites excluding steroid dienone is 3. The summed E-state index contributed by atoms with van der Waals surface area (Å²) in [6, 6.07) is 8.23. The van der Waals surface area contributed by atoms with Crippen LogP contribution in [0.3, 0.4) is 0 Å². The molecule has 146 valence electrons. The quantitative estimate of drug-likeness (QED) is 0.728. The molecule has 0 amide bonds. The van der Waals surface area contributed by atoms with Gasteiger partial charge in [0.1, 0.15) is 0 Å². The number of thiophene rings is 1. The summed E-state index contributed by atoms with van der Waals surface area (Å²) >= 11 is 1.67. The Bertz CT molecular complexity index is 1070. The molecule has 1 aromatic heterocycles. The maximum absolute atomic E-state index is 13.2. The lowest BCUT2D eigenvalue weighted by Crippen LogP contribution is -2.38. The van der Waals surface area contributed by atoms with Crippen molar-refractivity contribution in [2.75, 3.05) is 7.11 Å². The van der Waals surface area contributed by atoms with E-state index < -0.39 is 0 Å². The maximum Gasteiger partial charge on any atom is 0.336 e. The van der Waals surface area contributed by atoms with E-state index in [0.717, 1.165) is 33.8 Å². The number of nitrogens with one attached hydrogen (secondary N) is 1. The van der Waals surface area contributed by atoms with Gasteiger partial charge in [0.15, 0.2) is 5.78 Å². The van der Waals surface area contributed by atoms with E-state index >= 15 is 0 Å². The fourth-order valence-electron chi connectivity index (χ4n) is 4.55. The van der Waals surface area contributed by atoms with Crippen LogP contribution in [0.5, 0.6) is 0 Å². The summed E-state index contributed by atoms with van der Waals surface area (Å²) < 4.78 is 6.28. The standard InChI is InChI=1S/C23H25NO3S/c1-12-14-8-6-7-9-17(14)28-21(12)20-18(22(26)27-5)13(2)24-15-10-23(3,4)11-16(25)19(15)20/h6-9,20,24H,10-11H2,1-5H3/t20-/m0/s1. The van der Waals surface area contributed by atoms with Crippen LogP contribution in [0.4, 0.5) is 0 Å². The van der Waals surface area contributed by atoms with Gasteiger partial charge >= 0.3 is 5.97 Å². The zero-order valence-electron chi connectivity index (χ0n) is 16.9. The van der Waals surface area contributed by atoms with Crippen molar-refractivity contribution in [2.24, 2.45) is 5.41 Å². The molecule has 0 saturated carbocycles. The number of benzene rings is 1. The van der Waals surface area contributed by atoms with Crippen molar-refractivity contribution in [1.82, 2.24) is 5.32 Å². The number of dihydropyridines is 1. The minimum absolute atomic E-state index is 0.0915. The summed E-state index contributed by atoms with van der Waals surface area (Å²) in [6.45, 7) is 8.21. The monoisotopic (exact) mass is 395 g/mol. The number of methoxy groups -OCH3 is 1. The van der Waals surface area contributed by atoms with Crippen molar-refractivity contribution in [3.63, 3.8) is 0 Å². The maximum atomic E-state index is 13.2. The molecule has 1 aromatic carbocycles. The fraction of sp³-hybridized carbons (Fsp3) is 0.391. The molecule has 2 aliphatic rings. The molecular weight excluding hydrogens is 370 g/mol. The van der Waals surface area contributed by atoms with Gasteiger partial charge in [-0.05, 0) is 42.7 Å². The second-order valence-electron chi connectivity index (χ2n) is 8.51. The number of hydrogen-bond acceptors (Lipinski definition) is 5. The van der Waals surface area contributed by atoms with Crippen LogP contribution in [0.1, 0.15) is 50.0 Å². The second kappa shape index (κ2) is 6.59. The Balaban J connectivity index is 1.98. The SMILES string of the molecule is COC(=O)C1=C(C)NC2=C(C(=O)CC(C)(C)C2)[C@H]1c1sc2ccccc2c1C. The minimum Gasteiger partial charge on any atom is -0.466 e. The van der Waals surface area contributed by atoms with Crippen LogP contribution in [-0.4, -0.2) is 18.9 Å². The van der Waals surface area contributed by atoms with E-state index in [4.69, 9.17) is 4.74 Å². The molecule has 1 aliphatic heterocycles. The Labute approximate surface area is 169 Å². The topological polar surface area (TPSA) is 55.4 Å². The lowest BCUT2D eigenvalue weighted by atomic mass is 9.69. The molecule has 0 unspecified atom stereocenters. The number of carbonyl (C=O) groups excluding carboxylic acids is 2. The summed E-state index contributed by atoms with van der Waals surface area (Å²) in [4.78, 5) is 27.1. The molecule has 0 radical (unpaired) electrons. The highest BCUT2D eigenvalue weighted by molar-refractivity contribution is 7.19. The molecule has 5 heteroatoms. The summed E-state index contributed by atoms with van der Waals surface area (Å²) in [6.07, 6.45) is 1.28. The average molecular weight is 396 g/mol. The highest BCUT2D eigenvalue weighted by Crippen LogP contribution is 2.50. The van der Waals surface area contributed by atoms with Gasteiger partial charge in [-0.1, -0.05) is 32.0 Å². The van der Waals surface area contributed by atoms with Crippen molar-refractivity contribution >= 4 is 33.2 Å². The fourth-order valence-corrected chi connectivity index (χ4v) is 5.88. The van der Waals surface area contributed by atoms with Crippen molar-refractivity contribution in [3.05, 3.63) is 57.2 Å². The first-order valence-electron chi connectivity index (χ1n) is 9.54. The van der Waals surface area contributed by atoms with Gasteiger partial charge < -0.3 is 10.1 Å². The van der Waals surface area contributed by atoms with Gasteiger partial charge in [0, 0.05) is 33.0 Å². The number of aryl methyl sites for hydroxylation is 1. The van der Waals surface area contributed by atoms with Crippen LogP contribution in [0, 0.1) is 12.3 Å². The number of esters is 1. The number of ketones is 1. The number of hydrogen-bond donors (Lipinski definition) is 1. The predicted octanol–water partition coefficient (Wildman–Crippen LogP) is 4.99. The van der Waals surface area contributed by atoms with Crippen molar-refractivity contribution in [3.8, 4) is 0 Å². The second-order valence-corrected chi connectivity index (χ2v) is 9.59. The van der Waals surface area contributed by atoms with Crippen LogP contribution < -0.4 is 5.32 Å². The summed E-state index contributed by atoms with van der Waals surface area (Å²) in [5, 5.41) is 4.54. The molecule has 1 aliphatic carbocycles. The Morgan fingerprint density at radius 1 is 1.21 bits per heavy atom. The first-order chi connectivity index (χ1) is 13.2. The smallest absolute Gasteiger partial charge is 0.336 e.